The summed E-state index contributed by atoms with van der Waals surface area (Å²) in [5, 5.41) is 38.7. The van der Waals surface area contributed by atoms with Crippen molar-refractivity contribution in [1.29, 1.82) is 0 Å². The second kappa shape index (κ2) is 3.87. The largest absolute Gasteiger partial charge is 0.825 e. The van der Waals surface area contributed by atoms with Crippen LogP contribution in [0.4, 0.5) is 0 Å². The second-order valence-corrected chi connectivity index (χ2v) is 3.02. The van der Waals surface area contributed by atoms with E-state index in [0.717, 1.165) is 0 Å². The van der Waals surface area contributed by atoms with E-state index in [4.69, 9.17) is 9.84 Å². The predicted octanol–water partition coefficient (Wildman–Crippen LogP) is -3.20. The molecule has 0 amide bonds. The molecule has 0 aromatic heterocycles. The molecule has 3 N–H and O–H groups in total. The Morgan fingerprint density at radius 3 is 2.54 bits per heavy atom. The Hall–Kier alpha value is -0.240. The van der Waals surface area contributed by atoms with Crippen molar-refractivity contribution in [2.24, 2.45) is 0 Å². The molecule has 6 heteroatoms. The lowest BCUT2D eigenvalue weighted by atomic mass is 10.1. The van der Waals surface area contributed by atoms with Gasteiger partial charge in [-0.2, -0.15) is 0 Å². The van der Waals surface area contributed by atoms with Gasteiger partial charge in [-0.3, -0.25) is 0 Å². The highest BCUT2D eigenvalue weighted by atomic mass is 16.7. The van der Waals surface area contributed by atoms with Crippen molar-refractivity contribution < 1.29 is 29.9 Å². The minimum absolute atomic E-state index is 0.373. The van der Waals surface area contributed by atoms with Gasteiger partial charge in [0.25, 0.3) is 0 Å². The van der Waals surface area contributed by atoms with E-state index in [2.05, 4.69) is 4.74 Å². The lowest BCUT2D eigenvalue weighted by Gasteiger charge is -2.37. The monoisotopic (exact) mass is 193 g/mol. The van der Waals surface area contributed by atoms with Gasteiger partial charge in [0.2, 0.25) is 0 Å². The van der Waals surface area contributed by atoms with Crippen molar-refractivity contribution in [1.82, 2.24) is 0 Å². The van der Waals surface area contributed by atoms with Gasteiger partial charge in [0.15, 0.2) is 0 Å². The van der Waals surface area contributed by atoms with Crippen LogP contribution in [0, 0.1) is 0 Å². The van der Waals surface area contributed by atoms with E-state index in [-0.39, 0.29) is 6.61 Å². The molecule has 0 bridgehead atoms. The van der Waals surface area contributed by atoms with E-state index in [0.29, 0.717) is 0 Å². The zero-order valence-electron chi connectivity index (χ0n) is 7.21. The summed E-state index contributed by atoms with van der Waals surface area (Å²) in [6.45, 7) is -0.881. The Morgan fingerprint density at radius 1 is 1.54 bits per heavy atom. The molecule has 1 fully saturated rings. The molecule has 0 unspecified atom stereocenters. The molecule has 4 atom stereocenters. The van der Waals surface area contributed by atoms with Crippen molar-refractivity contribution in [3.05, 3.63) is 0 Å². The topological polar surface area (TPSA) is 102 Å². The van der Waals surface area contributed by atoms with E-state index in [1.807, 2.05) is 0 Å². The molecule has 0 aromatic rings. The lowest BCUT2D eigenvalue weighted by Crippen LogP contribution is -2.57. The predicted molar refractivity (Wildman–Crippen MR) is 38.6 cm³/mol. The second-order valence-electron chi connectivity index (χ2n) is 3.02. The van der Waals surface area contributed by atoms with Crippen LogP contribution in [0.5, 0.6) is 0 Å². The highest BCUT2D eigenvalue weighted by Crippen LogP contribution is 2.26. The zero-order chi connectivity index (χ0) is 10.1. The molecule has 0 radical (unpaired) electrons. The van der Waals surface area contributed by atoms with Crippen LogP contribution >= 0.6 is 0 Å². The van der Waals surface area contributed by atoms with Gasteiger partial charge in [0, 0.05) is 12.9 Å². The van der Waals surface area contributed by atoms with E-state index >= 15 is 0 Å². The number of ether oxygens (including phenoxy) is 2. The first-order chi connectivity index (χ1) is 6.05. The number of hydrogen-bond donors (Lipinski definition) is 3. The fourth-order valence-corrected chi connectivity index (χ4v) is 1.33. The van der Waals surface area contributed by atoms with Gasteiger partial charge in [-0.15, -0.1) is 0 Å². The third-order valence-electron chi connectivity index (χ3n) is 2.03. The zero-order valence-corrected chi connectivity index (χ0v) is 7.21. The van der Waals surface area contributed by atoms with E-state index < -0.39 is 30.7 Å². The summed E-state index contributed by atoms with van der Waals surface area (Å²) in [5.74, 6) is -2.18. The quantitative estimate of drug-likeness (QED) is 0.436. The first-order valence-corrected chi connectivity index (χ1v) is 3.89. The highest BCUT2D eigenvalue weighted by molar-refractivity contribution is 4.94. The van der Waals surface area contributed by atoms with Crippen LogP contribution in [0.2, 0.25) is 0 Å². The van der Waals surface area contributed by atoms with Crippen molar-refractivity contribution in [2.75, 3.05) is 20.3 Å². The summed E-state index contributed by atoms with van der Waals surface area (Å²) < 4.78 is 9.28. The Kier molecular flexibility index (Phi) is 3.23. The van der Waals surface area contributed by atoms with Gasteiger partial charge in [-0.1, -0.05) is 0 Å². The molecule has 13 heavy (non-hydrogen) atoms. The minimum atomic E-state index is -2.18. The van der Waals surface area contributed by atoms with Crippen LogP contribution in [0.3, 0.4) is 0 Å². The Bertz CT molecular complexity index is 174. The Labute approximate surface area is 75.3 Å². The van der Waals surface area contributed by atoms with Gasteiger partial charge in [-0.25, -0.2) is 0 Å². The third kappa shape index (κ3) is 1.83. The van der Waals surface area contributed by atoms with Crippen molar-refractivity contribution in [3.8, 4) is 0 Å². The van der Waals surface area contributed by atoms with Gasteiger partial charge in [-0.05, 0) is 0 Å². The highest BCUT2D eigenvalue weighted by Gasteiger charge is 2.46. The average Bonchev–Trinajstić information content (AvgIpc) is 2.31. The SMILES string of the molecule is COC[C@]1([O-])O[C@H](CO)[C@@H](O)[C@@H]1O. The third-order valence-corrected chi connectivity index (χ3v) is 2.03. The van der Waals surface area contributed by atoms with Gasteiger partial charge in [0.05, 0.1) is 19.3 Å². The van der Waals surface area contributed by atoms with Crippen molar-refractivity contribution >= 4 is 0 Å². The Balaban J connectivity index is 2.69. The smallest absolute Gasteiger partial charge is 0.110 e. The maximum Gasteiger partial charge on any atom is 0.110 e. The molecule has 78 valence electrons. The molecule has 0 aromatic carbocycles. The Morgan fingerprint density at radius 2 is 2.15 bits per heavy atom. The van der Waals surface area contributed by atoms with Crippen LogP contribution in [0.15, 0.2) is 0 Å². The first kappa shape index (κ1) is 10.8. The molecule has 1 heterocycles. The molecule has 6 nitrogen and oxygen atoms in total. The van der Waals surface area contributed by atoms with Crippen LogP contribution in [-0.4, -0.2) is 59.7 Å². The lowest BCUT2D eigenvalue weighted by molar-refractivity contribution is -0.569. The summed E-state index contributed by atoms with van der Waals surface area (Å²) in [6.07, 6.45) is -3.98. The molecule has 0 aliphatic carbocycles. The maximum atomic E-state index is 11.5. The normalized spacial score (nSPS) is 45.5. The molecular weight excluding hydrogens is 180 g/mol. The minimum Gasteiger partial charge on any atom is -0.825 e. The number of aliphatic hydroxyl groups is 3. The summed E-state index contributed by atoms with van der Waals surface area (Å²) in [7, 11) is 1.29. The van der Waals surface area contributed by atoms with Crippen LogP contribution in [0.25, 0.3) is 0 Å². The van der Waals surface area contributed by atoms with E-state index in [9.17, 15) is 15.3 Å². The van der Waals surface area contributed by atoms with Gasteiger partial charge >= 0.3 is 0 Å². The molecule has 0 saturated carbocycles. The molecule has 1 rings (SSSR count). The van der Waals surface area contributed by atoms with Gasteiger partial charge < -0.3 is 29.9 Å². The number of rotatable bonds is 3. The average molecular weight is 193 g/mol. The maximum absolute atomic E-state index is 11.5. The fraction of sp³-hybridized carbons (Fsp3) is 1.00. The van der Waals surface area contributed by atoms with Crippen LogP contribution < -0.4 is 5.11 Å². The molecule has 1 aliphatic rings. The van der Waals surface area contributed by atoms with Crippen molar-refractivity contribution in [2.45, 2.75) is 24.1 Å². The van der Waals surface area contributed by atoms with Crippen LogP contribution in [-0.2, 0) is 9.47 Å². The van der Waals surface area contributed by atoms with Crippen molar-refractivity contribution in [3.63, 3.8) is 0 Å². The number of methoxy groups -OCH3 is 1. The van der Waals surface area contributed by atoms with E-state index in [1.165, 1.54) is 7.11 Å². The standard InChI is InChI=1S/C7H13O6/c1-12-3-7(11)6(10)5(9)4(2-8)13-7/h4-6,8-10H,2-3H2,1H3/q-1/t4-,5-,6+,7+/m1/s1. The number of aliphatic hydroxyl groups excluding tert-OH is 3. The molecule has 1 saturated heterocycles. The summed E-state index contributed by atoms with van der Waals surface area (Å²) in [6, 6.07) is 0. The van der Waals surface area contributed by atoms with Gasteiger partial charge in [0.1, 0.15) is 12.2 Å². The fourth-order valence-electron chi connectivity index (χ4n) is 1.33. The molecule has 0 spiro atoms. The van der Waals surface area contributed by atoms with E-state index in [1.54, 1.807) is 0 Å². The summed E-state index contributed by atoms with van der Waals surface area (Å²) >= 11 is 0. The van der Waals surface area contributed by atoms with Crippen LogP contribution in [0.1, 0.15) is 0 Å². The molecule has 1 aliphatic heterocycles. The summed E-state index contributed by atoms with van der Waals surface area (Å²) in [5.41, 5.74) is 0. The first-order valence-electron chi connectivity index (χ1n) is 3.89. The summed E-state index contributed by atoms with van der Waals surface area (Å²) in [4.78, 5) is 0. The molecular formula is C7H13O6-. The number of hydrogen-bond acceptors (Lipinski definition) is 6.